The van der Waals surface area contributed by atoms with Crippen LogP contribution in [0.5, 0.6) is 0 Å². The smallest absolute Gasteiger partial charge is 0.0875 e. The SMILES string of the molecule is CCCNC(c1c(Br)cnn1CC)C1CSCCO1. The van der Waals surface area contributed by atoms with Gasteiger partial charge in [-0.25, -0.2) is 0 Å². The van der Waals surface area contributed by atoms with Gasteiger partial charge in [0.25, 0.3) is 0 Å². The van der Waals surface area contributed by atoms with E-state index in [1.807, 2.05) is 18.0 Å². The third kappa shape index (κ3) is 3.74. The number of hydrogen-bond acceptors (Lipinski definition) is 4. The van der Waals surface area contributed by atoms with Crippen LogP contribution in [0.4, 0.5) is 0 Å². The number of nitrogens with one attached hydrogen (secondary N) is 1. The van der Waals surface area contributed by atoms with Crippen LogP contribution >= 0.6 is 27.7 Å². The number of hydrogen-bond donors (Lipinski definition) is 1. The molecule has 2 heterocycles. The molecular formula is C13H22BrN3OS. The first-order valence-electron chi connectivity index (χ1n) is 6.91. The van der Waals surface area contributed by atoms with Crippen molar-refractivity contribution >= 4 is 27.7 Å². The summed E-state index contributed by atoms with van der Waals surface area (Å²) in [6, 6.07) is 0.213. The van der Waals surface area contributed by atoms with Crippen molar-refractivity contribution in [2.24, 2.45) is 0 Å². The van der Waals surface area contributed by atoms with E-state index >= 15 is 0 Å². The van der Waals surface area contributed by atoms with Gasteiger partial charge in [-0.05, 0) is 35.8 Å². The molecule has 0 bridgehead atoms. The van der Waals surface area contributed by atoms with Crippen LogP contribution in [0.2, 0.25) is 0 Å². The number of rotatable bonds is 6. The van der Waals surface area contributed by atoms with Crippen molar-refractivity contribution in [3.8, 4) is 0 Å². The molecule has 0 saturated carbocycles. The van der Waals surface area contributed by atoms with Gasteiger partial charge in [-0.1, -0.05) is 6.92 Å². The molecule has 108 valence electrons. The predicted octanol–water partition coefficient (Wildman–Crippen LogP) is 2.84. The largest absolute Gasteiger partial charge is 0.374 e. The molecule has 1 aliphatic rings. The minimum absolute atomic E-state index is 0.213. The molecule has 1 aliphatic heterocycles. The zero-order chi connectivity index (χ0) is 13.7. The first-order chi connectivity index (χ1) is 9.27. The Morgan fingerprint density at radius 3 is 3.11 bits per heavy atom. The first kappa shape index (κ1) is 15.4. The maximum atomic E-state index is 5.97. The summed E-state index contributed by atoms with van der Waals surface area (Å²) in [7, 11) is 0. The molecular weight excluding hydrogens is 326 g/mol. The van der Waals surface area contributed by atoms with Gasteiger partial charge in [0.15, 0.2) is 0 Å². The maximum Gasteiger partial charge on any atom is 0.0875 e. The van der Waals surface area contributed by atoms with Gasteiger partial charge in [-0.15, -0.1) is 0 Å². The maximum absolute atomic E-state index is 5.97. The molecule has 2 unspecified atom stereocenters. The van der Waals surface area contributed by atoms with E-state index in [1.165, 1.54) is 5.69 Å². The summed E-state index contributed by atoms with van der Waals surface area (Å²) in [5.74, 6) is 2.15. The van der Waals surface area contributed by atoms with Crippen LogP contribution in [0.3, 0.4) is 0 Å². The number of nitrogens with zero attached hydrogens (tertiary/aromatic N) is 2. The molecule has 19 heavy (non-hydrogen) atoms. The molecule has 0 aliphatic carbocycles. The average Bonchev–Trinajstić information content (AvgIpc) is 2.82. The summed E-state index contributed by atoms with van der Waals surface area (Å²) in [4.78, 5) is 0. The number of thioether (sulfide) groups is 1. The third-order valence-electron chi connectivity index (χ3n) is 3.26. The topological polar surface area (TPSA) is 39.1 Å². The van der Waals surface area contributed by atoms with E-state index in [0.29, 0.717) is 0 Å². The molecule has 2 atom stereocenters. The lowest BCUT2D eigenvalue weighted by molar-refractivity contribution is 0.0443. The fourth-order valence-corrected chi connectivity index (χ4v) is 3.78. The van der Waals surface area contributed by atoms with E-state index in [0.717, 1.165) is 42.1 Å². The van der Waals surface area contributed by atoms with Crippen molar-refractivity contribution in [2.75, 3.05) is 24.7 Å². The lowest BCUT2D eigenvalue weighted by atomic mass is 10.1. The fraction of sp³-hybridized carbons (Fsp3) is 0.769. The molecule has 6 heteroatoms. The van der Waals surface area contributed by atoms with Crippen LogP contribution in [0.1, 0.15) is 32.0 Å². The Bertz CT molecular complexity index is 393. The van der Waals surface area contributed by atoms with Gasteiger partial charge in [0, 0.05) is 18.1 Å². The van der Waals surface area contributed by atoms with Crippen LogP contribution in [-0.2, 0) is 11.3 Å². The molecule has 1 aromatic heterocycles. The van der Waals surface area contributed by atoms with Crippen molar-refractivity contribution in [3.63, 3.8) is 0 Å². The number of aromatic nitrogens is 2. The van der Waals surface area contributed by atoms with Crippen molar-refractivity contribution < 1.29 is 4.74 Å². The van der Waals surface area contributed by atoms with E-state index in [-0.39, 0.29) is 12.1 Å². The van der Waals surface area contributed by atoms with Crippen molar-refractivity contribution in [3.05, 3.63) is 16.4 Å². The second kappa shape index (κ2) is 7.67. The van der Waals surface area contributed by atoms with Gasteiger partial charge in [0.1, 0.15) is 0 Å². The summed E-state index contributed by atoms with van der Waals surface area (Å²) in [5.41, 5.74) is 1.21. The Kier molecular flexibility index (Phi) is 6.19. The van der Waals surface area contributed by atoms with Crippen LogP contribution in [0.25, 0.3) is 0 Å². The summed E-state index contributed by atoms with van der Waals surface area (Å²) >= 11 is 5.60. The zero-order valence-electron chi connectivity index (χ0n) is 11.6. The summed E-state index contributed by atoms with van der Waals surface area (Å²) in [6.07, 6.45) is 3.23. The van der Waals surface area contributed by atoms with Crippen LogP contribution in [0.15, 0.2) is 10.7 Å². The fourth-order valence-electron chi connectivity index (χ4n) is 2.34. The minimum atomic E-state index is 0.213. The molecule has 4 nitrogen and oxygen atoms in total. The molecule has 0 radical (unpaired) electrons. The number of ether oxygens (including phenoxy) is 1. The second-order valence-corrected chi connectivity index (χ2v) is 6.61. The summed E-state index contributed by atoms with van der Waals surface area (Å²) in [5, 5.41) is 8.05. The highest BCUT2D eigenvalue weighted by Crippen LogP contribution is 2.30. The lowest BCUT2D eigenvalue weighted by Gasteiger charge is -2.31. The molecule has 1 fully saturated rings. The van der Waals surface area contributed by atoms with E-state index in [4.69, 9.17) is 4.74 Å². The predicted molar refractivity (Wildman–Crippen MR) is 83.7 cm³/mol. The van der Waals surface area contributed by atoms with Crippen molar-refractivity contribution in [1.29, 1.82) is 0 Å². The molecule has 0 aromatic carbocycles. The minimum Gasteiger partial charge on any atom is -0.374 e. The molecule has 2 rings (SSSR count). The molecule has 1 N–H and O–H groups in total. The molecule has 0 amide bonds. The normalized spacial score (nSPS) is 21.5. The van der Waals surface area contributed by atoms with Crippen molar-refractivity contribution in [2.45, 2.75) is 39.0 Å². The monoisotopic (exact) mass is 347 g/mol. The van der Waals surface area contributed by atoms with Gasteiger partial charge in [0.2, 0.25) is 0 Å². The van der Waals surface area contributed by atoms with Gasteiger partial charge >= 0.3 is 0 Å². The van der Waals surface area contributed by atoms with Gasteiger partial charge in [0.05, 0.1) is 35.1 Å². The zero-order valence-corrected chi connectivity index (χ0v) is 14.0. The Hall–Kier alpha value is -0.0400. The summed E-state index contributed by atoms with van der Waals surface area (Å²) < 4.78 is 9.10. The van der Waals surface area contributed by atoms with E-state index in [9.17, 15) is 0 Å². The average molecular weight is 348 g/mol. The van der Waals surface area contributed by atoms with Crippen LogP contribution < -0.4 is 5.32 Å². The van der Waals surface area contributed by atoms with Crippen LogP contribution in [-0.4, -0.2) is 40.5 Å². The second-order valence-electron chi connectivity index (χ2n) is 4.61. The first-order valence-corrected chi connectivity index (χ1v) is 8.86. The van der Waals surface area contributed by atoms with E-state index < -0.39 is 0 Å². The highest BCUT2D eigenvalue weighted by atomic mass is 79.9. The highest BCUT2D eigenvalue weighted by molar-refractivity contribution is 9.10. The van der Waals surface area contributed by atoms with Gasteiger partial charge in [-0.2, -0.15) is 16.9 Å². The lowest BCUT2D eigenvalue weighted by Crippen LogP contribution is -2.39. The Labute approximate surface area is 127 Å². The standard InChI is InChI=1S/C13H22BrN3OS/c1-3-5-15-12(11-9-19-7-6-18-11)13-10(14)8-16-17(13)4-2/h8,11-12,15H,3-7,9H2,1-2H3. The Balaban J connectivity index is 2.22. The summed E-state index contributed by atoms with van der Waals surface area (Å²) in [6.45, 7) is 7.03. The van der Waals surface area contributed by atoms with Gasteiger partial charge < -0.3 is 10.1 Å². The highest BCUT2D eigenvalue weighted by Gasteiger charge is 2.30. The van der Waals surface area contributed by atoms with Gasteiger partial charge in [-0.3, -0.25) is 4.68 Å². The molecule has 1 aromatic rings. The molecule has 0 spiro atoms. The van der Waals surface area contributed by atoms with Crippen molar-refractivity contribution in [1.82, 2.24) is 15.1 Å². The Morgan fingerprint density at radius 2 is 2.47 bits per heavy atom. The van der Waals surface area contributed by atoms with E-state index in [2.05, 4.69) is 44.9 Å². The quantitative estimate of drug-likeness (QED) is 0.858. The van der Waals surface area contributed by atoms with E-state index in [1.54, 1.807) is 0 Å². The Morgan fingerprint density at radius 1 is 1.63 bits per heavy atom. The number of aryl methyl sites for hydroxylation is 1. The third-order valence-corrected chi connectivity index (χ3v) is 4.89. The molecule has 1 saturated heterocycles. The number of halogens is 1. The van der Waals surface area contributed by atoms with Crippen LogP contribution in [0, 0.1) is 0 Å².